The van der Waals surface area contributed by atoms with E-state index in [2.05, 4.69) is 0 Å². The van der Waals surface area contributed by atoms with Crippen molar-refractivity contribution < 1.29 is 24.2 Å². The number of benzene rings is 2. The van der Waals surface area contributed by atoms with Gasteiger partial charge in [0.2, 0.25) is 11.8 Å². The van der Waals surface area contributed by atoms with Gasteiger partial charge in [0.05, 0.1) is 30.1 Å². The van der Waals surface area contributed by atoms with Gasteiger partial charge in [-0.15, -0.1) is 0 Å². The monoisotopic (exact) mass is 569 g/mol. The van der Waals surface area contributed by atoms with E-state index in [9.17, 15) is 19.5 Å². The standard InChI is InChI=1S/C34H39N3O5/c1-21(2)25(20-38)37-29-32(41)36(28-22(3)12-9-13-23(28)4)19-11-17-34(29)27(31(37)40)26-30(39)35(24-14-7-6-8-15-24)18-10-16-33(26,5)42-34/h6-17,21,25-27,29,38H,18-20H2,1-5H3/t25-,26-,27-,29?,33+,34-/m0/s1. The fourth-order valence-corrected chi connectivity index (χ4v) is 7.71. The molecular weight excluding hydrogens is 530 g/mol. The van der Waals surface area contributed by atoms with E-state index in [1.807, 2.05) is 107 Å². The summed E-state index contributed by atoms with van der Waals surface area (Å²) in [5.41, 5.74) is 0.930. The summed E-state index contributed by atoms with van der Waals surface area (Å²) in [4.78, 5) is 49.0. The molecule has 0 aliphatic carbocycles. The first kappa shape index (κ1) is 28.4. The van der Waals surface area contributed by atoms with Gasteiger partial charge in [0.25, 0.3) is 5.91 Å². The van der Waals surface area contributed by atoms with E-state index in [0.29, 0.717) is 13.1 Å². The molecule has 6 atom stereocenters. The maximum absolute atomic E-state index is 14.8. The molecule has 4 aliphatic heterocycles. The number of likely N-dealkylation sites (tertiary alicyclic amines) is 1. The molecule has 2 aromatic rings. The number of para-hydroxylation sites is 2. The van der Waals surface area contributed by atoms with Crippen molar-refractivity contribution in [3.63, 3.8) is 0 Å². The molecule has 3 amide bonds. The predicted molar refractivity (Wildman–Crippen MR) is 161 cm³/mol. The molecule has 2 aromatic carbocycles. The summed E-state index contributed by atoms with van der Waals surface area (Å²) < 4.78 is 6.96. The second-order valence-electron chi connectivity index (χ2n) is 12.5. The molecule has 8 nitrogen and oxygen atoms in total. The van der Waals surface area contributed by atoms with Crippen molar-refractivity contribution in [2.24, 2.45) is 17.8 Å². The van der Waals surface area contributed by atoms with Gasteiger partial charge in [0, 0.05) is 24.5 Å². The molecule has 1 unspecified atom stereocenters. The summed E-state index contributed by atoms with van der Waals surface area (Å²) in [5.74, 6) is -2.78. The van der Waals surface area contributed by atoms with Gasteiger partial charge in [0.15, 0.2) is 0 Å². The molecule has 8 heteroatoms. The summed E-state index contributed by atoms with van der Waals surface area (Å²) in [6, 6.07) is 13.6. The van der Waals surface area contributed by atoms with Gasteiger partial charge >= 0.3 is 0 Å². The van der Waals surface area contributed by atoms with Crippen LogP contribution in [0.2, 0.25) is 0 Å². The molecule has 6 rings (SSSR count). The van der Waals surface area contributed by atoms with Gasteiger partial charge in [-0.3, -0.25) is 14.4 Å². The lowest BCUT2D eigenvalue weighted by Gasteiger charge is -2.41. The number of hydrogen-bond acceptors (Lipinski definition) is 5. The average molecular weight is 570 g/mol. The number of carbonyl (C=O) groups is 3. The van der Waals surface area contributed by atoms with Gasteiger partial charge in [-0.1, -0.05) is 74.5 Å². The van der Waals surface area contributed by atoms with Gasteiger partial charge in [-0.2, -0.15) is 0 Å². The van der Waals surface area contributed by atoms with Crippen LogP contribution < -0.4 is 9.80 Å². The zero-order valence-electron chi connectivity index (χ0n) is 24.9. The quantitative estimate of drug-likeness (QED) is 0.554. The van der Waals surface area contributed by atoms with Gasteiger partial charge in [0.1, 0.15) is 11.6 Å². The fourth-order valence-electron chi connectivity index (χ4n) is 7.71. The second-order valence-corrected chi connectivity index (χ2v) is 12.5. The van der Waals surface area contributed by atoms with Crippen LogP contribution in [-0.4, -0.2) is 70.7 Å². The second kappa shape index (κ2) is 10.2. The summed E-state index contributed by atoms with van der Waals surface area (Å²) in [6.07, 6.45) is 7.55. The molecule has 0 radical (unpaired) electrons. The van der Waals surface area contributed by atoms with Crippen LogP contribution in [0.15, 0.2) is 72.8 Å². The normalized spacial score (nSPS) is 31.3. The third kappa shape index (κ3) is 3.99. The van der Waals surface area contributed by atoms with E-state index in [0.717, 1.165) is 22.5 Å². The number of aliphatic hydroxyl groups is 1. The highest BCUT2D eigenvalue weighted by Crippen LogP contribution is 2.58. The van der Waals surface area contributed by atoms with Crippen molar-refractivity contribution in [1.82, 2.24) is 4.90 Å². The Kier molecular flexibility index (Phi) is 6.90. The predicted octanol–water partition coefficient (Wildman–Crippen LogP) is 3.80. The van der Waals surface area contributed by atoms with Crippen molar-refractivity contribution >= 4 is 29.1 Å². The minimum atomic E-state index is -1.39. The van der Waals surface area contributed by atoms with E-state index in [4.69, 9.17) is 4.74 Å². The lowest BCUT2D eigenvalue weighted by molar-refractivity contribution is -0.149. The number of anilines is 2. The Bertz CT molecular complexity index is 1460. The molecule has 0 bridgehead atoms. The topological polar surface area (TPSA) is 90.4 Å². The molecule has 1 spiro atoms. The largest absolute Gasteiger partial charge is 0.394 e. The SMILES string of the molecule is Cc1cccc(C)c1N1CC=C[C@]23O[C@]4(C)C=CCN(c5ccccc5)C(=O)[C@@H]4[C@H]2C(=O)N([C@@H](CO)C(C)C)C3C1=O. The first-order chi connectivity index (χ1) is 20.1. The van der Waals surface area contributed by atoms with Crippen LogP contribution in [0.25, 0.3) is 0 Å². The molecule has 1 N–H and O–H groups in total. The number of amides is 3. The van der Waals surface area contributed by atoms with Crippen molar-refractivity contribution in [1.29, 1.82) is 0 Å². The first-order valence-electron chi connectivity index (χ1n) is 14.8. The smallest absolute Gasteiger partial charge is 0.253 e. The molecule has 42 heavy (non-hydrogen) atoms. The van der Waals surface area contributed by atoms with Gasteiger partial charge in [-0.05, 0) is 49.9 Å². The number of nitrogens with zero attached hydrogens (tertiary/aromatic N) is 3. The molecule has 220 valence electrons. The number of hydrogen-bond donors (Lipinski definition) is 1. The Morgan fingerprint density at radius 3 is 2.14 bits per heavy atom. The molecule has 0 aromatic heterocycles. The average Bonchev–Trinajstić information content (AvgIpc) is 3.22. The summed E-state index contributed by atoms with van der Waals surface area (Å²) in [7, 11) is 0. The van der Waals surface area contributed by atoms with Crippen LogP contribution in [0.4, 0.5) is 11.4 Å². The van der Waals surface area contributed by atoms with E-state index < -0.39 is 35.1 Å². The van der Waals surface area contributed by atoms with Crippen molar-refractivity contribution in [2.75, 3.05) is 29.5 Å². The van der Waals surface area contributed by atoms with Crippen LogP contribution in [0.5, 0.6) is 0 Å². The Morgan fingerprint density at radius 2 is 1.50 bits per heavy atom. The molecule has 2 saturated heterocycles. The Hall–Kier alpha value is -3.75. The van der Waals surface area contributed by atoms with E-state index in [1.165, 1.54) is 0 Å². The van der Waals surface area contributed by atoms with Crippen molar-refractivity contribution in [3.8, 4) is 0 Å². The van der Waals surface area contributed by atoms with Crippen molar-refractivity contribution in [2.45, 2.75) is 57.9 Å². The van der Waals surface area contributed by atoms with E-state index in [1.54, 1.807) is 14.7 Å². The van der Waals surface area contributed by atoms with Crippen LogP contribution in [-0.2, 0) is 19.1 Å². The maximum atomic E-state index is 14.8. The lowest BCUT2D eigenvalue weighted by Crippen LogP contribution is -2.60. The Balaban J connectivity index is 1.53. The maximum Gasteiger partial charge on any atom is 0.253 e. The van der Waals surface area contributed by atoms with E-state index >= 15 is 0 Å². The molecule has 2 fully saturated rings. The van der Waals surface area contributed by atoms with Crippen LogP contribution in [0, 0.1) is 31.6 Å². The van der Waals surface area contributed by atoms with E-state index in [-0.39, 0.29) is 30.2 Å². The Morgan fingerprint density at radius 1 is 0.857 bits per heavy atom. The molecule has 0 saturated carbocycles. The highest BCUT2D eigenvalue weighted by Gasteiger charge is 2.75. The number of aryl methyl sites for hydroxylation is 2. The van der Waals surface area contributed by atoms with Gasteiger partial charge in [-0.25, -0.2) is 0 Å². The lowest BCUT2D eigenvalue weighted by atomic mass is 9.74. The van der Waals surface area contributed by atoms with Crippen molar-refractivity contribution in [3.05, 3.63) is 84.0 Å². The highest BCUT2D eigenvalue weighted by atomic mass is 16.5. The van der Waals surface area contributed by atoms with Crippen LogP contribution >= 0.6 is 0 Å². The third-order valence-electron chi connectivity index (χ3n) is 9.59. The number of aliphatic hydroxyl groups excluding tert-OH is 1. The van der Waals surface area contributed by atoms with Crippen LogP contribution in [0.1, 0.15) is 31.9 Å². The fraction of sp³-hybridized carbons (Fsp3) is 0.441. The molecular formula is C34H39N3O5. The number of fused-ring (bicyclic) bond motifs is 2. The Labute approximate surface area is 247 Å². The summed E-state index contributed by atoms with van der Waals surface area (Å²) in [6.45, 7) is 9.98. The minimum Gasteiger partial charge on any atom is -0.394 e. The third-order valence-corrected chi connectivity index (χ3v) is 9.59. The number of rotatable bonds is 5. The summed E-state index contributed by atoms with van der Waals surface area (Å²) >= 11 is 0. The van der Waals surface area contributed by atoms with Gasteiger partial charge < -0.3 is 24.5 Å². The number of carbonyl (C=O) groups excluding carboxylic acids is 3. The molecule has 4 heterocycles. The minimum absolute atomic E-state index is 0.138. The van der Waals surface area contributed by atoms with Crippen LogP contribution in [0.3, 0.4) is 0 Å². The zero-order chi connectivity index (χ0) is 30.0. The zero-order valence-corrected chi connectivity index (χ0v) is 24.9. The number of ether oxygens (including phenoxy) is 1. The highest BCUT2D eigenvalue weighted by molar-refractivity contribution is 6.08. The first-order valence-corrected chi connectivity index (χ1v) is 14.8. The summed E-state index contributed by atoms with van der Waals surface area (Å²) in [5, 5.41) is 10.6. The molecule has 4 aliphatic rings.